The van der Waals surface area contributed by atoms with E-state index in [0.29, 0.717) is 29.1 Å². The van der Waals surface area contributed by atoms with Crippen LogP contribution in [0.15, 0.2) is 35.2 Å². The molecule has 7 nitrogen and oxygen atoms in total. The predicted molar refractivity (Wildman–Crippen MR) is 100 cm³/mol. The Hall–Kier alpha value is -2.67. The minimum atomic E-state index is -0.466. The van der Waals surface area contributed by atoms with Crippen molar-refractivity contribution < 1.29 is 23.8 Å². The molecule has 1 aromatic heterocycles. The molecule has 27 heavy (non-hydrogen) atoms. The van der Waals surface area contributed by atoms with E-state index in [1.807, 2.05) is 26.0 Å². The molecule has 0 aromatic carbocycles. The average Bonchev–Trinajstić information content (AvgIpc) is 2.66. The van der Waals surface area contributed by atoms with Crippen molar-refractivity contribution in [2.75, 3.05) is 26.4 Å². The number of pyridine rings is 1. The van der Waals surface area contributed by atoms with Crippen LogP contribution in [0.5, 0.6) is 0 Å². The minimum Gasteiger partial charge on any atom is -0.463 e. The number of ether oxygens (including phenoxy) is 3. The van der Waals surface area contributed by atoms with Crippen molar-refractivity contribution >= 4 is 17.6 Å². The lowest BCUT2D eigenvalue weighted by atomic mass is 9.94. The normalized spacial score (nSPS) is 14.1. The molecule has 0 fully saturated rings. The van der Waals surface area contributed by atoms with Crippen molar-refractivity contribution in [3.63, 3.8) is 0 Å². The summed E-state index contributed by atoms with van der Waals surface area (Å²) in [4.78, 5) is 29.2. The predicted octanol–water partition coefficient (Wildman–Crippen LogP) is 2.51. The van der Waals surface area contributed by atoms with Crippen molar-refractivity contribution in [2.24, 2.45) is 0 Å². The summed E-state index contributed by atoms with van der Waals surface area (Å²) in [5.41, 5.74) is 3.56. The third-order valence-electron chi connectivity index (χ3n) is 3.98. The van der Waals surface area contributed by atoms with E-state index in [-0.39, 0.29) is 26.2 Å². The van der Waals surface area contributed by atoms with Gasteiger partial charge in [0, 0.05) is 30.5 Å². The molecule has 146 valence electrons. The molecule has 0 saturated carbocycles. The van der Waals surface area contributed by atoms with Gasteiger partial charge in [-0.1, -0.05) is 0 Å². The molecule has 0 atom stereocenters. The van der Waals surface area contributed by atoms with Crippen LogP contribution in [0.1, 0.15) is 38.4 Å². The fourth-order valence-corrected chi connectivity index (χ4v) is 2.75. The van der Waals surface area contributed by atoms with Crippen LogP contribution in [0.25, 0.3) is 5.70 Å². The Morgan fingerprint density at radius 1 is 1.07 bits per heavy atom. The summed E-state index contributed by atoms with van der Waals surface area (Å²) in [5.74, 6) is -0.932. The first-order valence-corrected chi connectivity index (χ1v) is 9.08. The molecule has 0 aliphatic carbocycles. The quantitative estimate of drug-likeness (QED) is 0.700. The van der Waals surface area contributed by atoms with Gasteiger partial charge in [0.2, 0.25) is 0 Å². The highest BCUT2D eigenvalue weighted by molar-refractivity contribution is 6.02. The monoisotopic (exact) mass is 374 g/mol. The molecule has 0 bridgehead atoms. The van der Waals surface area contributed by atoms with Gasteiger partial charge in [-0.05, 0) is 39.8 Å². The number of esters is 2. The van der Waals surface area contributed by atoms with Gasteiger partial charge in [-0.25, -0.2) is 9.59 Å². The fraction of sp³-hybridized carbons (Fsp3) is 0.450. The molecule has 0 amide bonds. The van der Waals surface area contributed by atoms with Crippen LogP contribution in [0.2, 0.25) is 0 Å². The Morgan fingerprint density at radius 2 is 1.74 bits per heavy atom. The Bertz CT molecular complexity index is 767. The van der Waals surface area contributed by atoms with Crippen LogP contribution in [-0.2, 0) is 23.8 Å². The Labute approximate surface area is 159 Å². The van der Waals surface area contributed by atoms with Gasteiger partial charge in [0.1, 0.15) is 0 Å². The number of carbonyl (C=O) groups excluding carboxylic acids is 2. The standard InChI is InChI=1S/C20H26N2O5/c1-5-25-12-17-15(19(23)26-6-2)11-16(20(24)27-7-3)18(22-17)14-8-9-21-13(4)10-14/h8-10,22H,5-7,11-12H2,1-4H3. The van der Waals surface area contributed by atoms with Crippen molar-refractivity contribution in [1.82, 2.24) is 10.3 Å². The first kappa shape index (κ1) is 20.6. The summed E-state index contributed by atoms with van der Waals surface area (Å²) < 4.78 is 15.9. The van der Waals surface area contributed by atoms with Crippen LogP contribution < -0.4 is 5.32 Å². The second-order valence-corrected chi connectivity index (χ2v) is 5.88. The van der Waals surface area contributed by atoms with Gasteiger partial charge in [-0.2, -0.15) is 0 Å². The molecular formula is C20H26N2O5. The number of carbonyl (C=O) groups is 2. The molecule has 1 aliphatic rings. The number of hydrogen-bond acceptors (Lipinski definition) is 7. The summed E-state index contributed by atoms with van der Waals surface area (Å²) in [7, 11) is 0. The summed E-state index contributed by atoms with van der Waals surface area (Å²) >= 11 is 0. The summed E-state index contributed by atoms with van der Waals surface area (Å²) in [5, 5.41) is 3.22. The number of aromatic nitrogens is 1. The van der Waals surface area contributed by atoms with Gasteiger partial charge < -0.3 is 19.5 Å². The van der Waals surface area contributed by atoms with Crippen molar-refractivity contribution in [3.05, 3.63) is 46.4 Å². The number of nitrogens with one attached hydrogen (secondary N) is 1. The van der Waals surface area contributed by atoms with E-state index < -0.39 is 11.9 Å². The number of rotatable bonds is 8. The lowest BCUT2D eigenvalue weighted by Crippen LogP contribution is -2.30. The van der Waals surface area contributed by atoms with Crippen LogP contribution in [0, 0.1) is 6.92 Å². The van der Waals surface area contributed by atoms with E-state index in [4.69, 9.17) is 14.2 Å². The van der Waals surface area contributed by atoms with Crippen molar-refractivity contribution in [2.45, 2.75) is 34.1 Å². The average molecular weight is 374 g/mol. The molecule has 1 aromatic rings. The van der Waals surface area contributed by atoms with E-state index in [2.05, 4.69) is 10.3 Å². The number of dihydropyridines is 1. The fourth-order valence-electron chi connectivity index (χ4n) is 2.75. The lowest BCUT2D eigenvalue weighted by molar-refractivity contribution is -0.139. The maximum Gasteiger partial charge on any atom is 0.336 e. The van der Waals surface area contributed by atoms with Crippen LogP contribution in [-0.4, -0.2) is 43.4 Å². The maximum absolute atomic E-state index is 12.6. The number of nitrogens with zero attached hydrogens (tertiary/aromatic N) is 1. The third kappa shape index (κ3) is 5.17. The highest BCUT2D eigenvalue weighted by Gasteiger charge is 2.30. The molecule has 0 radical (unpaired) electrons. The van der Waals surface area contributed by atoms with Crippen LogP contribution in [0.3, 0.4) is 0 Å². The maximum atomic E-state index is 12.6. The third-order valence-corrected chi connectivity index (χ3v) is 3.98. The van der Waals surface area contributed by atoms with Crippen LogP contribution in [0.4, 0.5) is 0 Å². The Kier molecular flexibility index (Phi) is 7.55. The van der Waals surface area contributed by atoms with Gasteiger partial charge in [-0.15, -0.1) is 0 Å². The van der Waals surface area contributed by atoms with E-state index in [0.717, 1.165) is 11.3 Å². The topological polar surface area (TPSA) is 86.8 Å². The van der Waals surface area contributed by atoms with Gasteiger partial charge in [0.25, 0.3) is 0 Å². The largest absolute Gasteiger partial charge is 0.463 e. The molecule has 7 heteroatoms. The molecule has 2 rings (SSSR count). The number of aryl methyl sites for hydroxylation is 1. The number of hydrogen-bond donors (Lipinski definition) is 1. The Morgan fingerprint density at radius 3 is 2.33 bits per heavy atom. The SMILES string of the molecule is CCOCC1=C(C(=O)OCC)CC(C(=O)OCC)=C(c2ccnc(C)c2)N1. The zero-order valence-corrected chi connectivity index (χ0v) is 16.3. The Balaban J connectivity index is 2.50. The second kappa shape index (κ2) is 9.87. The molecule has 2 heterocycles. The van der Waals surface area contributed by atoms with Crippen LogP contribution >= 0.6 is 0 Å². The first-order chi connectivity index (χ1) is 13.0. The molecule has 1 aliphatic heterocycles. The molecule has 0 spiro atoms. The lowest BCUT2D eigenvalue weighted by Gasteiger charge is -2.26. The van der Waals surface area contributed by atoms with E-state index in [9.17, 15) is 9.59 Å². The second-order valence-electron chi connectivity index (χ2n) is 5.88. The van der Waals surface area contributed by atoms with Gasteiger partial charge in [0.15, 0.2) is 0 Å². The minimum absolute atomic E-state index is 0.115. The highest BCUT2D eigenvalue weighted by atomic mass is 16.5. The smallest absolute Gasteiger partial charge is 0.336 e. The van der Waals surface area contributed by atoms with Crippen molar-refractivity contribution in [1.29, 1.82) is 0 Å². The summed E-state index contributed by atoms with van der Waals surface area (Å²) in [6, 6.07) is 3.68. The van der Waals surface area contributed by atoms with Gasteiger partial charge >= 0.3 is 11.9 Å². The van der Waals surface area contributed by atoms with Gasteiger partial charge in [-0.3, -0.25) is 4.98 Å². The summed E-state index contributed by atoms with van der Waals surface area (Å²) in [6.07, 6.45) is 1.79. The molecular weight excluding hydrogens is 348 g/mol. The first-order valence-electron chi connectivity index (χ1n) is 9.08. The summed E-state index contributed by atoms with van der Waals surface area (Å²) in [6.45, 7) is 8.44. The van der Waals surface area contributed by atoms with E-state index in [1.54, 1.807) is 20.0 Å². The van der Waals surface area contributed by atoms with Gasteiger partial charge in [0.05, 0.1) is 42.4 Å². The van der Waals surface area contributed by atoms with E-state index in [1.165, 1.54) is 0 Å². The highest BCUT2D eigenvalue weighted by Crippen LogP contribution is 2.30. The zero-order valence-electron chi connectivity index (χ0n) is 16.3. The molecule has 0 unspecified atom stereocenters. The zero-order chi connectivity index (χ0) is 19.8. The molecule has 1 N–H and O–H groups in total. The molecule has 0 saturated heterocycles. The van der Waals surface area contributed by atoms with E-state index >= 15 is 0 Å². The van der Waals surface area contributed by atoms with Crippen molar-refractivity contribution in [3.8, 4) is 0 Å².